The van der Waals surface area contributed by atoms with Crippen LogP contribution in [0.3, 0.4) is 0 Å². The Bertz CT molecular complexity index is 206. The van der Waals surface area contributed by atoms with Crippen LogP contribution >= 0.6 is 0 Å². The van der Waals surface area contributed by atoms with Crippen LogP contribution in [-0.4, -0.2) is 43.3 Å². The number of likely N-dealkylation sites (tertiary alicyclic amines) is 1. The quantitative estimate of drug-likeness (QED) is 0.791. The van der Waals surface area contributed by atoms with E-state index in [2.05, 4.69) is 10.2 Å². The lowest BCUT2D eigenvalue weighted by Gasteiger charge is -2.24. The lowest BCUT2D eigenvalue weighted by molar-refractivity contribution is -0.136. The van der Waals surface area contributed by atoms with E-state index in [1.807, 2.05) is 14.0 Å². The number of halogens is 3. The first-order chi connectivity index (χ1) is 7.42. The van der Waals surface area contributed by atoms with E-state index in [0.717, 1.165) is 19.5 Å². The summed E-state index contributed by atoms with van der Waals surface area (Å²) in [5.74, 6) is 0. The first-order valence-corrected chi connectivity index (χ1v) is 5.90. The standard InChI is InChI=1S/C11H21F3N2/c1-9(4-3-6-11(12,13)14)16-7-5-10(8-16)15-2/h9-10,15H,3-8H2,1-2H3. The Morgan fingerprint density at radius 2 is 2.12 bits per heavy atom. The van der Waals surface area contributed by atoms with Crippen LogP contribution in [-0.2, 0) is 0 Å². The minimum Gasteiger partial charge on any atom is -0.316 e. The number of alkyl halides is 3. The molecular weight excluding hydrogens is 217 g/mol. The summed E-state index contributed by atoms with van der Waals surface area (Å²) in [6, 6.07) is 0.769. The van der Waals surface area contributed by atoms with Crippen LogP contribution in [0.25, 0.3) is 0 Å². The van der Waals surface area contributed by atoms with Gasteiger partial charge in [0.15, 0.2) is 0 Å². The molecule has 2 unspecified atom stereocenters. The summed E-state index contributed by atoms with van der Waals surface area (Å²) in [5, 5.41) is 3.21. The Labute approximate surface area is 95.2 Å². The normalized spacial score (nSPS) is 24.9. The summed E-state index contributed by atoms with van der Waals surface area (Å²) < 4.78 is 35.9. The largest absolute Gasteiger partial charge is 0.389 e. The van der Waals surface area contributed by atoms with Crippen molar-refractivity contribution in [2.24, 2.45) is 0 Å². The maximum atomic E-state index is 12.0. The second-order valence-corrected chi connectivity index (χ2v) is 4.63. The zero-order valence-corrected chi connectivity index (χ0v) is 9.98. The first kappa shape index (κ1) is 13.8. The average Bonchev–Trinajstić information content (AvgIpc) is 2.63. The third-order valence-corrected chi connectivity index (χ3v) is 3.33. The molecule has 0 aromatic carbocycles. The van der Waals surface area contributed by atoms with Crippen molar-refractivity contribution in [2.45, 2.75) is 50.9 Å². The van der Waals surface area contributed by atoms with Gasteiger partial charge in [0.2, 0.25) is 0 Å². The van der Waals surface area contributed by atoms with Gasteiger partial charge in [0, 0.05) is 31.6 Å². The van der Waals surface area contributed by atoms with Gasteiger partial charge in [0.25, 0.3) is 0 Å². The van der Waals surface area contributed by atoms with E-state index in [-0.39, 0.29) is 12.5 Å². The van der Waals surface area contributed by atoms with Gasteiger partial charge in [-0.2, -0.15) is 13.2 Å². The Balaban J connectivity index is 2.18. The summed E-state index contributed by atoms with van der Waals surface area (Å²) in [4.78, 5) is 2.28. The van der Waals surface area contributed by atoms with E-state index >= 15 is 0 Å². The molecule has 1 aliphatic heterocycles. The monoisotopic (exact) mass is 238 g/mol. The van der Waals surface area contributed by atoms with Crippen LogP contribution in [0.5, 0.6) is 0 Å². The highest BCUT2D eigenvalue weighted by molar-refractivity contribution is 4.82. The third kappa shape index (κ3) is 4.70. The molecule has 1 aliphatic rings. The van der Waals surface area contributed by atoms with Crippen molar-refractivity contribution in [3.05, 3.63) is 0 Å². The fourth-order valence-corrected chi connectivity index (χ4v) is 2.20. The predicted octanol–water partition coefficient (Wildman–Crippen LogP) is 2.40. The molecule has 2 atom stereocenters. The van der Waals surface area contributed by atoms with Gasteiger partial charge in [0.05, 0.1) is 0 Å². The highest BCUT2D eigenvalue weighted by Crippen LogP contribution is 2.24. The summed E-state index contributed by atoms with van der Waals surface area (Å²) in [6.07, 6.45) is -2.68. The van der Waals surface area contributed by atoms with E-state index in [9.17, 15) is 13.2 Å². The van der Waals surface area contributed by atoms with Gasteiger partial charge in [0.1, 0.15) is 0 Å². The minimum absolute atomic E-state index is 0.241. The topological polar surface area (TPSA) is 15.3 Å². The smallest absolute Gasteiger partial charge is 0.316 e. The van der Waals surface area contributed by atoms with E-state index in [4.69, 9.17) is 0 Å². The Morgan fingerprint density at radius 1 is 1.44 bits per heavy atom. The van der Waals surface area contributed by atoms with Crippen molar-refractivity contribution < 1.29 is 13.2 Å². The van der Waals surface area contributed by atoms with Gasteiger partial charge in [-0.15, -0.1) is 0 Å². The van der Waals surface area contributed by atoms with Crippen LogP contribution in [0, 0.1) is 0 Å². The average molecular weight is 238 g/mol. The molecule has 1 N–H and O–H groups in total. The highest BCUT2D eigenvalue weighted by atomic mass is 19.4. The fourth-order valence-electron chi connectivity index (χ4n) is 2.20. The zero-order valence-electron chi connectivity index (χ0n) is 9.98. The molecule has 0 aliphatic carbocycles. The van der Waals surface area contributed by atoms with Crippen LogP contribution in [0.4, 0.5) is 13.2 Å². The number of hydrogen-bond acceptors (Lipinski definition) is 2. The maximum absolute atomic E-state index is 12.0. The van der Waals surface area contributed by atoms with Crippen molar-refractivity contribution in [2.75, 3.05) is 20.1 Å². The Hall–Kier alpha value is -0.290. The molecule has 5 heteroatoms. The van der Waals surface area contributed by atoms with Gasteiger partial charge in [-0.25, -0.2) is 0 Å². The van der Waals surface area contributed by atoms with E-state index in [0.29, 0.717) is 12.5 Å². The number of hydrogen-bond donors (Lipinski definition) is 1. The van der Waals surface area contributed by atoms with Gasteiger partial charge >= 0.3 is 6.18 Å². The molecule has 0 bridgehead atoms. The van der Waals surface area contributed by atoms with Crippen molar-refractivity contribution in [1.29, 1.82) is 0 Å². The lowest BCUT2D eigenvalue weighted by Crippen LogP contribution is -2.35. The van der Waals surface area contributed by atoms with E-state index in [1.165, 1.54) is 0 Å². The number of likely N-dealkylation sites (N-methyl/N-ethyl adjacent to an activating group) is 1. The van der Waals surface area contributed by atoms with Crippen LogP contribution in [0.2, 0.25) is 0 Å². The molecule has 0 saturated carbocycles. The minimum atomic E-state index is -4.00. The molecule has 16 heavy (non-hydrogen) atoms. The van der Waals surface area contributed by atoms with Crippen molar-refractivity contribution in [3.8, 4) is 0 Å². The zero-order chi connectivity index (χ0) is 12.2. The summed E-state index contributed by atoms with van der Waals surface area (Å²) in [5.41, 5.74) is 0. The fraction of sp³-hybridized carbons (Fsp3) is 1.00. The van der Waals surface area contributed by atoms with Crippen molar-refractivity contribution >= 4 is 0 Å². The van der Waals surface area contributed by atoms with E-state index in [1.54, 1.807) is 0 Å². The molecule has 0 aromatic heterocycles. The molecule has 1 rings (SSSR count). The van der Waals surface area contributed by atoms with Gasteiger partial charge in [-0.1, -0.05) is 0 Å². The number of rotatable bonds is 5. The molecule has 0 spiro atoms. The van der Waals surface area contributed by atoms with Crippen molar-refractivity contribution in [3.63, 3.8) is 0 Å². The predicted molar refractivity (Wildman–Crippen MR) is 58.4 cm³/mol. The molecule has 1 fully saturated rings. The second-order valence-electron chi connectivity index (χ2n) is 4.63. The van der Waals surface area contributed by atoms with Crippen LogP contribution in [0.15, 0.2) is 0 Å². The molecule has 0 aromatic rings. The van der Waals surface area contributed by atoms with Gasteiger partial charge in [-0.05, 0) is 33.2 Å². The van der Waals surface area contributed by atoms with Gasteiger partial charge in [-0.3, -0.25) is 4.90 Å². The number of nitrogens with one attached hydrogen (secondary N) is 1. The molecule has 1 heterocycles. The summed E-state index contributed by atoms with van der Waals surface area (Å²) in [6.45, 7) is 3.98. The molecule has 0 amide bonds. The van der Waals surface area contributed by atoms with Crippen molar-refractivity contribution in [1.82, 2.24) is 10.2 Å². The SMILES string of the molecule is CNC1CCN(C(C)CCCC(F)(F)F)C1. The molecule has 2 nitrogen and oxygen atoms in total. The molecule has 96 valence electrons. The Kier molecular flexibility index (Phi) is 5.05. The third-order valence-electron chi connectivity index (χ3n) is 3.33. The van der Waals surface area contributed by atoms with E-state index < -0.39 is 12.6 Å². The summed E-state index contributed by atoms with van der Waals surface area (Å²) in [7, 11) is 1.93. The lowest BCUT2D eigenvalue weighted by atomic mass is 10.1. The molecule has 0 radical (unpaired) electrons. The molecular formula is C11H21F3N2. The van der Waals surface area contributed by atoms with Crippen LogP contribution in [0.1, 0.15) is 32.6 Å². The maximum Gasteiger partial charge on any atom is 0.389 e. The second kappa shape index (κ2) is 5.87. The number of nitrogens with zero attached hydrogens (tertiary/aromatic N) is 1. The Morgan fingerprint density at radius 3 is 2.62 bits per heavy atom. The molecule has 1 saturated heterocycles. The van der Waals surface area contributed by atoms with Crippen LogP contribution < -0.4 is 5.32 Å². The first-order valence-electron chi connectivity index (χ1n) is 5.90. The summed E-state index contributed by atoms with van der Waals surface area (Å²) >= 11 is 0. The highest BCUT2D eigenvalue weighted by Gasteiger charge is 2.28. The van der Waals surface area contributed by atoms with Gasteiger partial charge < -0.3 is 5.32 Å².